The van der Waals surface area contributed by atoms with Crippen LogP contribution < -0.4 is 4.74 Å². The largest absolute Gasteiger partial charge is 0.488 e. The molecule has 4 aromatic rings. The molecule has 5 rings (SSSR count). The molecule has 4 heteroatoms. The Bertz CT molecular complexity index is 1310. The number of fused-ring (bicyclic) bond motifs is 3. The summed E-state index contributed by atoms with van der Waals surface area (Å²) in [4.78, 5) is 0. The molecule has 4 nitrogen and oxygen atoms in total. The Morgan fingerprint density at radius 2 is 1.90 bits per heavy atom. The van der Waals surface area contributed by atoms with Gasteiger partial charge in [0.15, 0.2) is 0 Å². The maximum absolute atomic E-state index is 9.60. The molecule has 0 aliphatic carbocycles. The van der Waals surface area contributed by atoms with Gasteiger partial charge in [-0.1, -0.05) is 48.5 Å². The summed E-state index contributed by atoms with van der Waals surface area (Å²) in [5.74, 6) is 0.813. The maximum atomic E-state index is 9.60. The van der Waals surface area contributed by atoms with E-state index in [0.717, 1.165) is 44.5 Å². The average Bonchev–Trinajstić information content (AvgIpc) is 3.08. The molecular weight excluding hydrogens is 358 g/mol. The Kier molecular flexibility index (Phi) is 4.14. The number of hydrogen-bond donors (Lipinski definition) is 0. The minimum absolute atomic E-state index is 0.474. The molecule has 0 fully saturated rings. The van der Waals surface area contributed by atoms with Crippen molar-refractivity contribution in [2.75, 3.05) is 0 Å². The third kappa shape index (κ3) is 2.97. The van der Waals surface area contributed by atoms with Crippen molar-refractivity contribution >= 4 is 16.5 Å². The van der Waals surface area contributed by atoms with Crippen LogP contribution in [0.3, 0.4) is 0 Å². The first kappa shape index (κ1) is 17.3. The summed E-state index contributed by atoms with van der Waals surface area (Å²) in [6.07, 6.45) is 1.90. The van der Waals surface area contributed by atoms with Gasteiger partial charge in [-0.25, -0.2) is 0 Å². The first-order valence-electron chi connectivity index (χ1n) is 9.60. The highest BCUT2D eigenvalue weighted by Crippen LogP contribution is 2.38. The second kappa shape index (κ2) is 6.96. The molecule has 29 heavy (non-hydrogen) atoms. The van der Waals surface area contributed by atoms with Gasteiger partial charge < -0.3 is 4.74 Å². The van der Waals surface area contributed by atoms with E-state index in [4.69, 9.17) is 4.74 Å². The molecule has 0 spiro atoms. The molecule has 0 bridgehead atoms. The summed E-state index contributed by atoms with van der Waals surface area (Å²) < 4.78 is 8.11. The summed E-state index contributed by atoms with van der Waals surface area (Å²) in [5.41, 5.74) is 7.02. The van der Waals surface area contributed by atoms with Gasteiger partial charge in [0, 0.05) is 22.1 Å². The number of ether oxygens (including phenoxy) is 1. The molecule has 2 heterocycles. The van der Waals surface area contributed by atoms with E-state index in [1.54, 1.807) is 0 Å². The lowest BCUT2D eigenvalue weighted by molar-refractivity contribution is 0.307. The van der Waals surface area contributed by atoms with Crippen molar-refractivity contribution in [1.82, 2.24) is 9.78 Å². The van der Waals surface area contributed by atoms with Crippen molar-refractivity contribution < 1.29 is 4.74 Å². The fraction of sp³-hybridized carbons (Fsp3) is 0.120. The quantitative estimate of drug-likeness (QED) is 0.444. The molecule has 1 aliphatic rings. The second-order valence-corrected chi connectivity index (χ2v) is 7.25. The molecule has 0 saturated heterocycles. The minimum Gasteiger partial charge on any atom is -0.488 e. The Balaban J connectivity index is 1.59. The van der Waals surface area contributed by atoms with Crippen LogP contribution in [0.4, 0.5) is 0 Å². The molecule has 0 atom stereocenters. The first-order valence-corrected chi connectivity index (χ1v) is 9.60. The Labute approximate surface area is 169 Å². The van der Waals surface area contributed by atoms with E-state index in [1.165, 1.54) is 0 Å². The van der Waals surface area contributed by atoms with Crippen LogP contribution in [-0.4, -0.2) is 9.78 Å². The summed E-state index contributed by atoms with van der Waals surface area (Å²) in [6.45, 7) is 3.03. The normalized spacial score (nSPS) is 14.3. The molecule has 0 saturated carbocycles. The van der Waals surface area contributed by atoms with Gasteiger partial charge >= 0.3 is 0 Å². The van der Waals surface area contributed by atoms with Crippen LogP contribution in [0, 0.1) is 11.3 Å². The highest BCUT2D eigenvalue weighted by Gasteiger charge is 2.21. The maximum Gasteiger partial charge on any atom is 0.127 e. The van der Waals surface area contributed by atoms with E-state index < -0.39 is 0 Å². The number of nitrogens with zero attached hydrogens (tertiary/aromatic N) is 3. The number of allylic oxidation sites excluding steroid dienone is 1. The van der Waals surface area contributed by atoms with Gasteiger partial charge in [-0.05, 0) is 41.8 Å². The summed E-state index contributed by atoms with van der Waals surface area (Å²) in [5, 5.41) is 15.3. The predicted octanol–water partition coefficient (Wildman–Crippen LogP) is 5.32. The fourth-order valence-corrected chi connectivity index (χ4v) is 3.99. The van der Waals surface area contributed by atoms with E-state index in [0.29, 0.717) is 18.7 Å². The summed E-state index contributed by atoms with van der Waals surface area (Å²) >= 11 is 0. The zero-order chi connectivity index (χ0) is 19.8. The number of nitriles is 1. The van der Waals surface area contributed by atoms with Gasteiger partial charge in [0.2, 0.25) is 0 Å². The van der Waals surface area contributed by atoms with Crippen molar-refractivity contribution in [2.24, 2.45) is 0 Å². The van der Waals surface area contributed by atoms with E-state index in [9.17, 15) is 5.26 Å². The van der Waals surface area contributed by atoms with E-state index >= 15 is 0 Å². The van der Waals surface area contributed by atoms with Crippen LogP contribution in [0.2, 0.25) is 0 Å². The number of aromatic nitrogens is 2. The minimum atomic E-state index is 0.474. The standard InChI is InChI=1S/C25H19N3O/c1-17(13-26)25-21-11-10-18(15-28-23-8-4-2-6-19(23)14-27-28)12-20(21)16-29-24-9-5-3-7-22(24)25/h2-12,14H,15-16H2,1H3/b25-17+. The average molecular weight is 377 g/mol. The van der Waals surface area contributed by atoms with Crippen molar-refractivity contribution in [2.45, 2.75) is 20.1 Å². The van der Waals surface area contributed by atoms with Crippen molar-refractivity contribution in [1.29, 1.82) is 5.26 Å². The first-order chi connectivity index (χ1) is 14.2. The van der Waals surface area contributed by atoms with Crippen LogP contribution in [0.15, 0.2) is 78.5 Å². The van der Waals surface area contributed by atoms with Crippen LogP contribution in [0.1, 0.15) is 29.2 Å². The number of benzene rings is 3. The smallest absolute Gasteiger partial charge is 0.127 e. The molecular formula is C25H19N3O. The predicted molar refractivity (Wildman–Crippen MR) is 113 cm³/mol. The van der Waals surface area contributed by atoms with Gasteiger partial charge in [0.1, 0.15) is 12.4 Å². The van der Waals surface area contributed by atoms with Gasteiger partial charge in [0.05, 0.1) is 24.3 Å². The van der Waals surface area contributed by atoms with E-state index in [1.807, 2.05) is 54.2 Å². The molecule has 1 aromatic heterocycles. The topological polar surface area (TPSA) is 50.8 Å². The van der Waals surface area contributed by atoms with Crippen molar-refractivity contribution in [3.05, 3.63) is 101 Å². The number of hydrogen-bond acceptors (Lipinski definition) is 3. The molecule has 1 aliphatic heterocycles. The fourth-order valence-electron chi connectivity index (χ4n) is 3.99. The van der Waals surface area contributed by atoms with Crippen LogP contribution in [-0.2, 0) is 13.2 Å². The summed E-state index contributed by atoms with van der Waals surface area (Å²) in [7, 11) is 0. The zero-order valence-corrected chi connectivity index (χ0v) is 16.1. The zero-order valence-electron chi connectivity index (χ0n) is 16.1. The van der Waals surface area contributed by atoms with E-state index in [-0.39, 0.29) is 0 Å². The molecule has 0 unspecified atom stereocenters. The van der Waals surface area contributed by atoms with Crippen LogP contribution >= 0.6 is 0 Å². The van der Waals surface area contributed by atoms with Crippen LogP contribution in [0.25, 0.3) is 16.5 Å². The second-order valence-electron chi connectivity index (χ2n) is 7.25. The van der Waals surface area contributed by atoms with Crippen molar-refractivity contribution in [3.8, 4) is 11.8 Å². The van der Waals surface area contributed by atoms with Crippen LogP contribution in [0.5, 0.6) is 5.75 Å². The SMILES string of the molecule is C/C(C#N)=C1/c2ccc(Cn3ncc4ccccc43)cc2COc2ccccc21. The Morgan fingerprint density at radius 1 is 1.07 bits per heavy atom. The lowest BCUT2D eigenvalue weighted by Gasteiger charge is -2.13. The van der Waals surface area contributed by atoms with Gasteiger partial charge in [0.25, 0.3) is 0 Å². The Hall–Kier alpha value is -3.84. The highest BCUT2D eigenvalue weighted by molar-refractivity contribution is 5.88. The van der Waals surface area contributed by atoms with Gasteiger partial charge in [-0.3, -0.25) is 4.68 Å². The van der Waals surface area contributed by atoms with Gasteiger partial charge in [-0.15, -0.1) is 0 Å². The molecule has 0 radical (unpaired) electrons. The highest BCUT2D eigenvalue weighted by atomic mass is 16.5. The third-order valence-corrected chi connectivity index (χ3v) is 5.40. The van der Waals surface area contributed by atoms with E-state index in [2.05, 4.69) is 41.5 Å². The third-order valence-electron chi connectivity index (χ3n) is 5.40. The molecule has 0 N–H and O–H groups in total. The molecule has 0 amide bonds. The lowest BCUT2D eigenvalue weighted by Crippen LogP contribution is -2.04. The number of rotatable bonds is 2. The Morgan fingerprint density at radius 3 is 2.79 bits per heavy atom. The number of para-hydroxylation sites is 2. The lowest BCUT2D eigenvalue weighted by atomic mass is 9.90. The monoisotopic (exact) mass is 377 g/mol. The summed E-state index contributed by atoms with van der Waals surface area (Å²) in [6, 6.07) is 24.9. The van der Waals surface area contributed by atoms with Gasteiger partial charge in [-0.2, -0.15) is 10.4 Å². The molecule has 3 aromatic carbocycles. The van der Waals surface area contributed by atoms with Crippen molar-refractivity contribution in [3.63, 3.8) is 0 Å². The molecule has 140 valence electrons.